The Morgan fingerprint density at radius 3 is 1.53 bits per heavy atom. The molecule has 0 atom stereocenters. The molecule has 0 aromatic heterocycles. The van der Waals surface area contributed by atoms with Gasteiger partial charge < -0.3 is 10.2 Å². The molecule has 0 aliphatic carbocycles. The van der Waals surface area contributed by atoms with Crippen LogP contribution in [0.15, 0.2) is 23.5 Å². The summed E-state index contributed by atoms with van der Waals surface area (Å²) in [4.78, 5) is 19.5. The molecule has 0 rings (SSSR count). The van der Waals surface area contributed by atoms with Gasteiger partial charge in [0.2, 0.25) is 0 Å². The van der Waals surface area contributed by atoms with Gasteiger partial charge in [0.15, 0.2) is 0 Å². The van der Waals surface area contributed by atoms with Gasteiger partial charge in [-0.25, -0.2) is 18.7 Å². The van der Waals surface area contributed by atoms with Gasteiger partial charge in [0.25, 0.3) is 0 Å². The highest BCUT2D eigenvalue weighted by atomic mass is 31.1. The number of carboxylic acid groups (broad SMARTS) is 2. The van der Waals surface area contributed by atoms with Crippen molar-refractivity contribution in [3.8, 4) is 0 Å². The minimum atomic E-state index is -2.72. The average molecular weight is 234 g/mol. The van der Waals surface area contributed by atoms with Crippen LogP contribution in [-0.2, 0) is 18.7 Å². The molecule has 0 unspecified atom stereocenters. The van der Waals surface area contributed by atoms with Crippen molar-refractivity contribution >= 4 is 19.6 Å². The molecule has 0 aromatic rings. The molecule has 7 heteroatoms. The van der Waals surface area contributed by atoms with Crippen LogP contribution in [0.5, 0.6) is 0 Å². The fourth-order valence-corrected chi connectivity index (χ4v) is 0.640. The molecule has 0 fully saturated rings. The van der Waals surface area contributed by atoms with Gasteiger partial charge in [-0.05, 0) is 13.8 Å². The zero-order chi connectivity index (χ0) is 12.6. The van der Waals surface area contributed by atoms with Crippen LogP contribution in [0.4, 0.5) is 0 Å². The molecule has 0 aliphatic heterocycles. The Bertz CT molecular complexity index is 343. The first kappa shape index (κ1) is 15.8. The van der Waals surface area contributed by atoms with Crippen molar-refractivity contribution in [3.63, 3.8) is 0 Å². The molecule has 0 bridgehead atoms. The highest BCUT2D eigenvalue weighted by Gasteiger charge is 1.99. The molecule has 0 amide bonds. The summed E-state index contributed by atoms with van der Waals surface area (Å²) in [5.74, 6) is -1.47. The van der Waals surface area contributed by atoms with Crippen LogP contribution in [0.1, 0.15) is 13.8 Å². The van der Waals surface area contributed by atoms with E-state index < -0.39 is 19.6 Å². The van der Waals surface area contributed by atoms with Crippen LogP contribution in [-0.4, -0.2) is 22.2 Å². The van der Waals surface area contributed by atoms with Gasteiger partial charge in [0, 0.05) is 17.0 Å². The van der Waals surface area contributed by atoms with Crippen LogP contribution in [0.2, 0.25) is 0 Å². The van der Waals surface area contributed by atoms with Gasteiger partial charge in [0.05, 0.1) is 0 Å². The second-order valence-electron chi connectivity index (χ2n) is 2.49. The Labute approximate surface area is 86.7 Å². The number of aliphatic carboxylic acids is 2. The molecule has 0 radical (unpaired) electrons. The summed E-state index contributed by atoms with van der Waals surface area (Å²) in [7, 11) is -2.72. The van der Waals surface area contributed by atoms with E-state index in [1.807, 2.05) is 0 Å². The monoisotopic (exact) mass is 234 g/mol. The topological polar surface area (TPSA) is 109 Å². The lowest BCUT2D eigenvalue weighted by molar-refractivity contribution is -0.133. The van der Waals surface area contributed by atoms with Crippen molar-refractivity contribution in [1.82, 2.24) is 0 Å². The maximum atomic E-state index is 9.90. The quantitative estimate of drug-likeness (QED) is 0.569. The smallest absolute Gasteiger partial charge is 0.341 e. The van der Waals surface area contributed by atoms with E-state index in [1.165, 1.54) is 13.8 Å². The van der Waals surface area contributed by atoms with Gasteiger partial charge in [-0.1, -0.05) is 6.58 Å². The second kappa shape index (κ2) is 7.70. The third-order valence-corrected chi connectivity index (χ3v) is 1.60. The molecule has 0 aliphatic rings. The van der Waals surface area contributed by atoms with Crippen molar-refractivity contribution in [2.45, 2.75) is 13.8 Å². The summed E-state index contributed by atoms with van der Waals surface area (Å²) in [6, 6.07) is 0. The van der Waals surface area contributed by atoms with Crippen LogP contribution in [0, 0.1) is 0 Å². The molecule has 6 nitrogen and oxygen atoms in total. The first-order valence-electron chi connectivity index (χ1n) is 3.62. The minimum absolute atomic E-state index is 0.175. The lowest BCUT2D eigenvalue weighted by Gasteiger charge is -1.83. The molecule has 0 spiro atoms. The van der Waals surface area contributed by atoms with Crippen LogP contribution in [0.3, 0.4) is 0 Å². The fourth-order valence-electron chi connectivity index (χ4n) is 0.213. The summed E-state index contributed by atoms with van der Waals surface area (Å²) in [5.41, 5.74) is 0.00103. The maximum absolute atomic E-state index is 9.90. The fraction of sp³-hybridized carbons (Fsp3) is 0.250. The molecule has 2 N–H and O–H groups in total. The predicted molar refractivity (Wildman–Crippen MR) is 52.1 cm³/mol. The van der Waals surface area contributed by atoms with E-state index in [2.05, 4.69) is 6.58 Å². The Hall–Kier alpha value is -1.68. The predicted octanol–water partition coefficient (Wildman–Crippen LogP) is 1.79. The van der Waals surface area contributed by atoms with E-state index >= 15 is 0 Å². The molecular weight excluding hydrogens is 223 g/mol. The largest absolute Gasteiger partial charge is 0.478 e. The third kappa shape index (κ3) is 12.3. The average Bonchev–Trinajstić information content (AvgIpc) is 2.03. The number of hydrogen-bond donors (Lipinski definition) is 2. The van der Waals surface area contributed by atoms with Crippen molar-refractivity contribution in [2.75, 3.05) is 0 Å². The van der Waals surface area contributed by atoms with Gasteiger partial charge in [-0.2, -0.15) is 0 Å². The highest BCUT2D eigenvalue weighted by molar-refractivity contribution is 7.34. The van der Waals surface area contributed by atoms with Crippen molar-refractivity contribution in [1.29, 1.82) is 0 Å². The summed E-state index contributed by atoms with van der Waals surface area (Å²) in [6.45, 7) is 5.82. The van der Waals surface area contributed by atoms with E-state index in [0.29, 0.717) is 5.82 Å². The normalized spacial score (nSPS) is 9.60. The van der Waals surface area contributed by atoms with Crippen molar-refractivity contribution in [3.05, 3.63) is 23.5 Å². The molecule has 15 heavy (non-hydrogen) atoms. The highest BCUT2D eigenvalue weighted by Crippen LogP contribution is 2.08. The van der Waals surface area contributed by atoms with E-state index in [9.17, 15) is 18.7 Å². The lowest BCUT2D eigenvalue weighted by atomic mass is 10.4. The van der Waals surface area contributed by atoms with Crippen molar-refractivity contribution in [2.24, 2.45) is 0 Å². The van der Waals surface area contributed by atoms with E-state index in [-0.39, 0.29) is 11.1 Å². The zero-order valence-corrected chi connectivity index (χ0v) is 9.15. The summed E-state index contributed by atoms with van der Waals surface area (Å²) < 4.78 is 19.6. The first-order valence-corrected chi connectivity index (χ1v) is 4.87. The SMILES string of the molecule is C=C(C)C(=O)O.CC(=CP(=O)=O)C(=O)O. The van der Waals surface area contributed by atoms with Gasteiger partial charge >= 0.3 is 19.6 Å². The van der Waals surface area contributed by atoms with Crippen molar-refractivity contribution < 1.29 is 28.9 Å². The maximum Gasteiger partial charge on any atom is 0.341 e. The third-order valence-electron chi connectivity index (χ3n) is 1.00. The lowest BCUT2D eigenvalue weighted by Crippen LogP contribution is -1.93. The molecule has 0 aromatic carbocycles. The van der Waals surface area contributed by atoms with E-state index in [4.69, 9.17) is 10.2 Å². The van der Waals surface area contributed by atoms with Crippen LogP contribution in [0.25, 0.3) is 0 Å². The number of carbonyl (C=O) groups is 2. The number of rotatable bonds is 3. The number of hydrogen-bond acceptors (Lipinski definition) is 4. The molecular formula is C8H11O6P. The standard InChI is InChI=1S/C4H5O4P.C4H6O2/c1-3(4(5)6)2-9(7)8;1-3(2)4(5)6/h2H,1H3,(H,5,6);1H2,2H3,(H,5,6). The molecule has 0 saturated carbocycles. The second-order valence-corrected chi connectivity index (χ2v) is 3.32. The zero-order valence-electron chi connectivity index (χ0n) is 8.26. The van der Waals surface area contributed by atoms with E-state index in [0.717, 1.165) is 0 Å². The summed E-state index contributed by atoms with van der Waals surface area (Å²) >= 11 is 0. The summed E-state index contributed by atoms with van der Waals surface area (Å²) in [6.07, 6.45) is 0. The Balaban J connectivity index is 0. The van der Waals surface area contributed by atoms with Gasteiger partial charge in [-0.3, -0.25) is 0 Å². The minimum Gasteiger partial charge on any atom is -0.478 e. The Kier molecular flexibility index (Phi) is 8.10. The van der Waals surface area contributed by atoms with Gasteiger partial charge in [0.1, 0.15) is 0 Å². The summed E-state index contributed by atoms with van der Waals surface area (Å²) in [5, 5.41) is 16.0. The first-order chi connectivity index (χ1) is 6.68. The Morgan fingerprint density at radius 1 is 1.13 bits per heavy atom. The molecule has 0 saturated heterocycles. The Morgan fingerprint density at radius 2 is 1.47 bits per heavy atom. The number of carboxylic acids is 2. The van der Waals surface area contributed by atoms with Crippen LogP contribution >= 0.6 is 7.68 Å². The van der Waals surface area contributed by atoms with Crippen LogP contribution < -0.4 is 0 Å². The molecule has 84 valence electrons. The van der Waals surface area contributed by atoms with E-state index in [1.54, 1.807) is 0 Å². The molecule has 0 heterocycles. The van der Waals surface area contributed by atoms with Gasteiger partial charge in [-0.15, -0.1) is 0 Å².